The van der Waals surface area contributed by atoms with Crippen LogP contribution in [0, 0.1) is 0 Å². The molecule has 0 N–H and O–H groups in total. The molecule has 2 aliphatic heterocycles. The SMILES string of the molecule is CCN(Cc1cccc2c1OCCO2)C(=O)/C=C/c1ccc(S(=O)(=O)N2CCOCC2)cc1. The quantitative estimate of drug-likeness (QED) is 0.576. The highest BCUT2D eigenvalue weighted by atomic mass is 32.2. The van der Waals surface area contributed by atoms with Gasteiger partial charge in [-0.1, -0.05) is 24.3 Å². The fourth-order valence-corrected chi connectivity index (χ4v) is 5.18. The highest BCUT2D eigenvalue weighted by Crippen LogP contribution is 2.34. The van der Waals surface area contributed by atoms with Crippen LogP contribution in [0.15, 0.2) is 53.4 Å². The number of para-hydroxylation sites is 1. The van der Waals surface area contributed by atoms with Gasteiger partial charge in [0.15, 0.2) is 11.5 Å². The topological polar surface area (TPSA) is 85.4 Å². The Kier molecular flexibility index (Phi) is 7.32. The first kappa shape index (κ1) is 23.3. The van der Waals surface area contributed by atoms with Gasteiger partial charge >= 0.3 is 0 Å². The lowest BCUT2D eigenvalue weighted by Gasteiger charge is -2.26. The molecule has 4 rings (SSSR count). The summed E-state index contributed by atoms with van der Waals surface area (Å²) in [6, 6.07) is 12.2. The predicted octanol–water partition coefficient (Wildman–Crippen LogP) is 2.54. The number of benzene rings is 2. The Bertz CT molecular complexity index is 1110. The molecule has 176 valence electrons. The van der Waals surface area contributed by atoms with Crippen molar-refractivity contribution in [3.8, 4) is 11.5 Å². The average molecular weight is 473 g/mol. The number of nitrogens with zero attached hydrogens (tertiary/aromatic N) is 2. The molecule has 2 heterocycles. The van der Waals surface area contributed by atoms with Crippen molar-refractivity contribution in [2.75, 3.05) is 46.1 Å². The van der Waals surface area contributed by atoms with Crippen molar-refractivity contribution >= 4 is 22.0 Å². The van der Waals surface area contributed by atoms with Gasteiger partial charge in [0.1, 0.15) is 13.2 Å². The number of morpholine rings is 1. The maximum atomic E-state index is 12.8. The number of amides is 1. The summed E-state index contributed by atoms with van der Waals surface area (Å²) in [5, 5.41) is 0. The van der Waals surface area contributed by atoms with Gasteiger partial charge in [-0.3, -0.25) is 4.79 Å². The summed E-state index contributed by atoms with van der Waals surface area (Å²) in [4.78, 5) is 14.8. The Morgan fingerprint density at radius 3 is 2.48 bits per heavy atom. The molecule has 0 atom stereocenters. The van der Waals surface area contributed by atoms with Crippen LogP contribution in [0.25, 0.3) is 6.08 Å². The molecule has 0 spiro atoms. The van der Waals surface area contributed by atoms with Crippen LogP contribution in [0.1, 0.15) is 18.1 Å². The van der Waals surface area contributed by atoms with Gasteiger partial charge < -0.3 is 19.1 Å². The van der Waals surface area contributed by atoms with E-state index in [1.165, 1.54) is 10.4 Å². The van der Waals surface area contributed by atoms with Gasteiger partial charge in [-0.15, -0.1) is 0 Å². The van der Waals surface area contributed by atoms with Crippen LogP contribution in [0.5, 0.6) is 11.5 Å². The second-order valence-corrected chi connectivity index (χ2v) is 9.65. The van der Waals surface area contributed by atoms with E-state index in [1.54, 1.807) is 35.2 Å². The van der Waals surface area contributed by atoms with Crippen LogP contribution in [-0.2, 0) is 26.1 Å². The highest BCUT2D eigenvalue weighted by Gasteiger charge is 2.26. The number of rotatable bonds is 7. The Hall–Kier alpha value is -2.88. The van der Waals surface area contributed by atoms with Gasteiger partial charge in [-0.25, -0.2) is 8.42 Å². The first-order chi connectivity index (χ1) is 16.0. The van der Waals surface area contributed by atoms with Crippen LogP contribution in [0.2, 0.25) is 0 Å². The lowest BCUT2D eigenvalue weighted by molar-refractivity contribution is -0.126. The minimum Gasteiger partial charge on any atom is -0.486 e. The van der Waals surface area contributed by atoms with Crippen molar-refractivity contribution in [3.05, 3.63) is 59.7 Å². The van der Waals surface area contributed by atoms with E-state index >= 15 is 0 Å². The first-order valence-electron chi connectivity index (χ1n) is 11.0. The maximum Gasteiger partial charge on any atom is 0.246 e. The predicted molar refractivity (Wildman–Crippen MR) is 124 cm³/mol. The fourth-order valence-electron chi connectivity index (χ4n) is 3.77. The van der Waals surface area contributed by atoms with E-state index in [0.717, 1.165) is 11.1 Å². The number of carbonyl (C=O) groups is 1. The summed E-state index contributed by atoms with van der Waals surface area (Å²) in [5.74, 6) is 1.25. The monoisotopic (exact) mass is 472 g/mol. The summed E-state index contributed by atoms with van der Waals surface area (Å²) in [6.07, 6.45) is 3.19. The van der Waals surface area contributed by atoms with E-state index in [2.05, 4.69) is 0 Å². The van der Waals surface area contributed by atoms with Crippen molar-refractivity contribution in [1.29, 1.82) is 0 Å². The molecule has 2 aromatic rings. The normalized spacial score (nSPS) is 16.6. The van der Waals surface area contributed by atoms with Gasteiger partial charge in [-0.05, 0) is 36.8 Å². The van der Waals surface area contributed by atoms with Crippen LogP contribution >= 0.6 is 0 Å². The molecule has 0 bridgehead atoms. The Balaban J connectivity index is 1.42. The van der Waals surface area contributed by atoms with Crippen molar-refractivity contribution in [1.82, 2.24) is 9.21 Å². The third-order valence-electron chi connectivity index (χ3n) is 5.61. The molecule has 2 aromatic carbocycles. The Labute approximate surface area is 194 Å². The first-order valence-corrected chi connectivity index (χ1v) is 12.5. The van der Waals surface area contributed by atoms with Gasteiger partial charge in [0.2, 0.25) is 15.9 Å². The third-order valence-corrected chi connectivity index (χ3v) is 7.52. The molecule has 1 fully saturated rings. The molecule has 2 aliphatic rings. The summed E-state index contributed by atoms with van der Waals surface area (Å²) < 4.78 is 43.5. The molecular weight excluding hydrogens is 444 g/mol. The minimum absolute atomic E-state index is 0.142. The number of hydrogen-bond donors (Lipinski definition) is 0. The molecule has 0 aliphatic carbocycles. The second kappa shape index (κ2) is 10.4. The van der Waals surface area contributed by atoms with Gasteiger partial charge in [0.25, 0.3) is 0 Å². The fraction of sp³-hybridized carbons (Fsp3) is 0.375. The zero-order valence-electron chi connectivity index (χ0n) is 18.6. The number of hydrogen-bond acceptors (Lipinski definition) is 6. The molecule has 8 nitrogen and oxygen atoms in total. The molecule has 9 heteroatoms. The molecule has 1 saturated heterocycles. The molecule has 0 saturated carbocycles. The Morgan fingerprint density at radius 1 is 1.03 bits per heavy atom. The summed E-state index contributed by atoms with van der Waals surface area (Å²) in [7, 11) is -3.54. The largest absolute Gasteiger partial charge is 0.486 e. The molecular formula is C24H28N2O6S. The smallest absolute Gasteiger partial charge is 0.246 e. The van der Waals surface area contributed by atoms with Crippen LogP contribution in [0.3, 0.4) is 0 Å². The molecule has 0 radical (unpaired) electrons. The Morgan fingerprint density at radius 2 is 1.76 bits per heavy atom. The molecule has 1 amide bonds. The van der Waals surface area contributed by atoms with Gasteiger partial charge in [0, 0.05) is 37.8 Å². The zero-order chi connectivity index (χ0) is 23.3. The van der Waals surface area contributed by atoms with Crippen molar-refractivity contribution in [2.45, 2.75) is 18.4 Å². The third kappa shape index (κ3) is 5.38. The number of ether oxygens (including phenoxy) is 3. The lowest BCUT2D eigenvalue weighted by atomic mass is 10.1. The van der Waals surface area contributed by atoms with E-state index in [4.69, 9.17) is 14.2 Å². The van der Waals surface area contributed by atoms with E-state index in [9.17, 15) is 13.2 Å². The molecule has 0 unspecified atom stereocenters. The molecule has 33 heavy (non-hydrogen) atoms. The van der Waals surface area contributed by atoms with E-state index in [1.807, 2.05) is 25.1 Å². The maximum absolute atomic E-state index is 12.8. The van der Waals surface area contributed by atoms with Crippen LogP contribution in [0.4, 0.5) is 0 Å². The van der Waals surface area contributed by atoms with Gasteiger partial charge in [-0.2, -0.15) is 4.31 Å². The van der Waals surface area contributed by atoms with Gasteiger partial charge in [0.05, 0.1) is 18.1 Å². The minimum atomic E-state index is -3.54. The number of fused-ring (bicyclic) bond motifs is 1. The van der Waals surface area contributed by atoms with Crippen molar-refractivity contribution < 1.29 is 27.4 Å². The highest BCUT2D eigenvalue weighted by molar-refractivity contribution is 7.89. The molecule has 0 aromatic heterocycles. The summed E-state index contributed by atoms with van der Waals surface area (Å²) >= 11 is 0. The van der Waals surface area contributed by atoms with Crippen molar-refractivity contribution in [2.24, 2.45) is 0 Å². The van der Waals surface area contributed by atoms with Crippen molar-refractivity contribution in [3.63, 3.8) is 0 Å². The number of likely N-dealkylation sites (N-methyl/N-ethyl adjacent to an activating group) is 1. The summed E-state index contributed by atoms with van der Waals surface area (Å²) in [5.41, 5.74) is 1.64. The van der Waals surface area contributed by atoms with E-state index < -0.39 is 10.0 Å². The average Bonchev–Trinajstić information content (AvgIpc) is 2.86. The van der Waals surface area contributed by atoms with E-state index in [-0.39, 0.29) is 10.8 Å². The number of sulfonamides is 1. The number of carbonyl (C=O) groups excluding carboxylic acids is 1. The van der Waals surface area contributed by atoms with Crippen LogP contribution in [-0.4, -0.2) is 69.6 Å². The second-order valence-electron chi connectivity index (χ2n) is 7.71. The zero-order valence-corrected chi connectivity index (χ0v) is 19.4. The van der Waals surface area contributed by atoms with Crippen LogP contribution < -0.4 is 9.47 Å². The lowest BCUT2D eigenvalue weighted by Crippen LogP contribution is -2.40. The standard InChI is InChI=1S/C24H28N2O6S/c1-2-25(18-20-4-3-5-22-24(20)32-17-16-31-22)23(27)11-8-19-6-9-21(10-7-19)33(28,29)26-12-14-30-15-13-26/h3-11H,2,12-18H2,1H3/b11-8+. The summed E-state index contributed by atoms with van der Waals surface area (Å²) in [6.45, 7) is 5.38. The van der Waals surface area contributed by atoms with E-state index in [0.29, 0.717) is 64.1 Å².